The Hall–Kier alpha value is -1.94. The third-order valence-corrected chi connectivity index (χ3v) is 3.79. The minimum atomic E-state index is 0.612. The van der Waals surface area contributed by atoms with Gasteiger partial charge in [0.1, 0.15) is 5.65 Å². The molecule has 0 radical (unpaired) electrons. The molecule has 2 aromatic heterocycles. The third-order valence-electron chi connectivity index (χ3n) is 3.02. The molecule has 0 saturated heterocycles. The summed E-state index contributed by atoms with van der Waals surface area (Å²) in [4.78, 5) is 15.5. The van der Waals surface area contributed by atoms with E-state index in [4.69, 9.17) is 0 Å². The van der Waals surface area contributed by atoms with E-state index in [9.17, 15) is 4.79 Å². The molecule has 0 fully saturated rings. The molecule has 0 aliphatic carbocycles. The van der Waals surface area contributed by atoms with Gasteiger partial charge in [0.25, 0.3) is 0 Å². The van der Waals surface area contributed by atoms with E-state index in [1.54, 1.807) is 6.07 Å². The summed E-state index contributed by atoms with van der Waals surface area (Å²) in [6.07, 6.45) is 5.44. The van der Waals surface area contributed by atoms with Gasteiger partial charge >= 0.3 is 0 Å². The minimum absolute atomic E-state index is 0.612. The average Bonchev–Trinajstić information content (AvgIpc) is 2.83. The number of hydrogen-bond acceptors (Lipinski definition) is 2. The van der Waals surface area contributed by atoms with Crippen molar-refractivity contribution in [2.75, 3.05) is 0 Å². The van der Waals surface area contributed by atoms with E-state index < -0.39 is 0 Å². The topological polar surface area (TPSA) is 34.4 Å². The summed E-state index contributed by atoms with van der Waals surface area (Å²) in [5, 5.41) is 0. The molecule has 0 bridgehead atoms. The summed E-state index contributed by atoms with van der Waals surface area (Å²) in [5.41, 5.74) is 3.44. The minimum Gasteiger partial charge on any atom is -0.306 e. The molecule has 0 aliphatic rings. The van der Waals surface area contributed by atoms with E-state index in [-0.39, 0.29) is 0 Å². The number of carbonyl (C=O) groups is 1. The van der Waals surface area contributed by atoms with Gasteiger partial charge in [-0.2, -0.15) is 0 Å². The van der Waals surface area contributed by atoms with Crippen LogP contribution in [0.1, 0.15) is 21.6 Å². The highest BCUT2D eigenvalue weighted by atomic mass is 79.9. The van der Waals surface area contributed by atoms with Gasteiger partial charge < -0.3 is 4.40 Å². The third kappa shape index (κ3) is 2.31. The van der Waals surface area contributed by atoms with Gasteiger partial charge in [-0.15, -0.1) is 0 Å². The molecule has 19 heavy (non-hydrogen) atoms. The number of carbonyl (C=O) groups excluding carboxylic acids is 1. The number of aromatic nitrogens is 2. The summed E-state index contributed by atoms with van der Waals surface area (Å²) in [6.45, 7) is 0. The number of halogens is 1. The fraction of sp³-hybridized carbons (Fsp3) is 0.0667. The second-order valence-electron chi connectivity index (χ2n) is 4.31. The van der Waals surface area contributed by atoms with E-state index in [0.717, 1.165) is 22.9 Å². The molecule has 3 rings (SSSR count). The van der Waals surface area contributed by atoms with Crippen molar-refractivity contribution in [3.05, 3.63) is 70.1 Å². The van der Waals surface area contributed by atoms with Gasteiger partial charge in [-0.25, -0.2) is 4.98 Å². The highest BCUT2D eigenvalue weighted by molar-refractivity contribution is 9.10. The van der Waals surface area contributed by atoms with Crippen molar-refractivity contribution in [1.82, 2.24) is 9.38 Å². The second kappa shape index (κ2) is 4.97. The number of rotatable bonds is 3. The first-order chi connectivity index (χ1) is 9.28. The van der Waals surface area contributed by atoms with Crippen LogP contribution in [0.15, 0.2) is 53.3 Å². The first-order valence-electron chi connectivity index (χ1n) is 5.93. The lowest BCUT2D eigenvalue weighted by atomic mass is 10.1. The Bertz CT molecular complexity index is 749. The summed E-state index contributed by atoms with van der Waals surface area (Å²) in [7, 11) is 0. The predicted octanol–water partition coefficient (Wildman–Crippen LogP) is 3.50. The molecule has 0 N–H and O–H groups in total. The number of benzene rings is 1. The van der Waals surface area contributed by atoms with Gasteiger partial charge in [-0.3, -0.25) is 4.79 Å². The zero-order valence-corrected chi connectivity index (χ0v) is 11.7. The lowest BCUT2D eigenvalue weighted by Gasteiger charge is -2.00. The van der Waals surface area contributed by atoms with E-state index in [0.29, 0.717) is 11.2 Å². The highest BCUT2D eigenvalue weighted by Gasteiger charge is 2.07. The molecular formula is C15H11BrN2O. The number of fused-ring (bicyclic) bond motifs is 1. The number of pyridine rings is 1. The van der Waals surface area contributed by atoms with Gasteiger partial charge in [0.05, 0.1) is 11.3 Å². The first kappa shape index (κ1) is 12.1. The van der Waals surface area contributed by atoms with E-state index >= 15 is 0 Å². The molecule has 0 unspecified atom stereocenters. The van der Waals surface area contributed by atoms with Crippen LogP contribution in [0, 0.1) is 0 Å². The zero-order valence-electron chi connectivity index (χ0n) is 10.1. The number of nitrogens with zero attached hydrogens (tertiary/aromatic N) is 2. The molecule has 3 nitrogen and oxygen atoms in total. The van der Waals surface area contributed by atoms with Crippen LogP contribution in [0.4, 0.5) is 0 Å². The van der Waals surface area contributed by atoms with Crippen LogP contribution in [-0.4, -0.2) is 15.7 Å². The van der Waals surface area contributed by atoms with Crippen LogP contribution < -0.4 is 0 Å². The van der Waals surface area contributed by atoms with E-state index in [1.807, 2.05) is 41.1 Å². The van der Waals surface area contributed by atoms with Crippen molar-refractivity contribution in [2.24, 2.45) is 0 Å². The maximum Gasteiger partial charge on any atom is 0.153 e. The average molecular weight is 315 g/mol. The summed E-state index contributed by atoms with van der Waals surface area (Å²) < 4.78 is 2.96. The SMILES string of the molecule is O=Cc1cccn2cc(Cc3ccccc3Br)nc12. The number of imidazole rings is 1. The number of hydrogen-bond donors (Lipinski definition) is 0. The van der Waals surface area contributed by atoms with Crippen molar-refractivity contribution < 1.29 is 4.79 Å². The highest BCUT2D eigenvalue weighted by Crippen LogP contribution is 2.20. The summed E-state index contributed by atoms with van der Waals surface area (Å²) >= 11 is 3.53. The first-order valence-corrected chi connectivity index (χ1v) is 6.72. The standard InChI is InChI=1S/C15H11BrN2O/c16-14-6-2-1-4-11(14)8-13-9-18-7-3-5-12(10-19)15(18)17-13/h1-7,9-10H,8H2. The van der Waals surface area contributed by atoms with Crippen molar-refractivity contribution in [1.29, 1.82) is 0 Å². The van der Waals surface area contributed by atoms with Crippen LogP contribution >= 0.6 is 15.9 Å². The quantitative estimate of drug-likeness (QED) is 0.693. The van der Waals surface area contributed by atoms with Gasteiger partial charge in [-0.05, 0) is 23.8 Å². The smallest absolute Gasteiger partial charge is 0.153 e. The molecule has 0 amide bonds. The van der Waals surface area contributed by atoms with Crippen LogP contribution in [0.5, 0.6) is 0 Å². The predicted molar refractivity (Wildman–Crippen MR) is 77.5 cm³/mol. The van der Waals surface area contributed by atoms with Crippen LogP contribution in [0.2, 0.25) is 0 Å². The molecule has 1 aromatic carbocycles. The van der Waals surface area contributed by atoms with Gasteiger partial charge in [0.15, 0.2) is 6.29 Å². The molecule has 3 aromatic rings. The monoisotopic (exact) mass is 314 g/mol. The van der Waals surface area contributed by atoms with Crippen molar-refractivity contribution in [3.8, 4) is 0 Å². The molecule has 0 spiro atoms. The Balaban J connectivity index is 2.03. The Morgan fingerprint density at radius 3 is 2.84 bits per heavy atom. The van der Waals surface area contributed by atoms with Crippen LogP contribution in [0.3, 0.4) is 0 Å². The molecule has 4 heteroatoms. The lowest BCUT2D eigenvalue weighted by Crippen LogP contribution is -1.89. The van der Waals surface area contributed by atoms with Crippen molar-refractivity contribution >= 4 is 27.9 Å². The molecule has 0 atom stereocenters. The molecule has 94 valence electrons. The summed E-state index contributed by atoms with van der Waals surface area (Å²) in [5.74, 6) is 0. The Kier molecular flexibility index (Phi) is 3.17. The molecular weight excluding hydrogens is 304 g/mol. The van der Waals surface area contributed by atoms with E-state index in [1.165, 1.54) is 5.56 Å². The lowest BCUT2D eigenvalue weighted by molar-refractivity contribution is 0.112. The molecule has 0 saturated carbocycles. The zero-order chi connectivity index (χ0) is 13.2. The fourth-order valence-corrected chi connectivity index (χ4v) is 2.52. The van der Waals surface area contributed by atoms with Gasteiger partial charge in [0, 0.05) is 23.3 Å². The normalized spacial score (nSPS) is 10.8. The van der Waals surface area contributed by atoms with Crippen LogP contribution in [0.25, 0.3) is 5.65 Å². The Morgan fingerprint density at radius 2 is 2.05 bits per heavy atom. The summed E-state index contributed by atoms with van der Waals surface area (Å²) in [6, 6.07) is 11.7. The van der Waals surface area contributed by atoms with E-state index in [2.05, 4.69) is 27.0 Å². The number of aldehydes is 1. The fourth-order valence-electron chi connectivity index (χ4n) is 2.10. The van der Waals surface area contributed by atoms with Crippen molar-refractivity contribution in [3.63, 3.8) is 0 Å². The second-order valence-corrected chi connectivity index (χ2v) is 5.17. The van der Waals surface area contributed by atoms with Crippen molar-refractivity contribution in [2.45, 2.75) is 6.42 Å². The maximum atomic E-state index is 11.0. The van der Waals surface area contributed by atoms with Gasteiger partial charge in [-0.1, -0.05) is 34.1 Å². The van der Waals surface area contributed by atoms with Crippen LogP contribution in [-0.2, 0) is 6.42 Å². The Morgan fingerprint density at radius 1 is 1.21 bits per heavy atom. The maximum absolute atomic E-state index is 11.0. The molecule has 2 heterocycles. The largest absolute Gasteiger partial charge is 0.306 e. The molecule has 0 aliphatic heterocycles. The Labute approximate surface area is 119 Å². The van der Waals surface area contributed by atoms with Gasteiger partial charge in [0.2, 0.25) is 0 Å².